The first-order valence-corrected chi connectivity index (χ1v) is 10.4. The molecule has 7 nitrogen and oxygen atoms in total. The fourth-order valence-corrected chi connectivity index (χ4v) is 4.04. The van der Waals surface area contributed by atoms with Crippen LogP contribution < -0.4 is 10.6 Å². The molecule has 1 fully saturated rings. The molecule has 0 aromatic carbocycles. The van der Waals surface area contributed by atoms with Crippen LogP contribution in [-0.4, -0.2) is 40.3 Å². The standard InChI is InChI=1S/C22H29N5O2.2ClH/c1-13(2)27-21-19(12-25-27)18(22(28)24-11-16-6-5-7-23-10-16)9-20(26-21)17-8-14(3)29-15(17)4;;/h8-9,12-13,16,23H,5-7,10-11H2,1-4H3,(H,24,28);2*1H. The van der Waals surface area contributed by atoms with Crippen molar-refractivity contribution in [3.63, 3.8) is 0 Å². The van der Waals surface area contributed by atoms with Gasteiger partial charge in [-0.05, 0) is 71.7 Å². The van der Waals surface area contributed by atoms with Crippen LogP contribution in [0.4, 0.5) is 0 Å². The average Bonchev–Trinajstić information content (AvgIpc) is 3.28. The minimum Gasteiger partial charge on any atom is -0.466 e. The van der Waals surface area contributed by atoms with E-state index in [4.69, 9.17) is 9.40 Å². The summed E-state index contributed by atoms with van der Waals surface area (Å²) < 4.78 is 7.56. The van der Waals surface area contributed by atoms with Crippen LogP contribution in [-0.2, 0) is 0 Å². The second-order valence-electron chi connectivity index (χ2n) is 8.22. The molecule has 1 amide bonds. The van der Waals surface area contributed by atoms with E-state index in [0.29, 0.717) is 18.0 Å². The maximum absolute atomic E-state index is 13.1. The number of carbonyl (C=O) groups excluding carboxylic acids is 1. The first kappa shape index (κ1) is 25.2. The minimum absolute atomic E-state index is 0. The van der Waals surface area contributed by atoms with Crippen LogP contribution in [0.2, 0.25) is 0 Å². The quantitative estimate of drug-likeness (QED) is 0.578. The molecule has 2 N–H and O–H groups in total. The number of piperidine rings is 1. The molecule has 0 aliphatic carbocycles. The maximum Gasteiger partial charge on any atom is 0.252 e. The minimum atomic E-state index is -0.0783. The smallest absolute Gasteiger partial charge is 0.252 e. The fourth-order valence-electron chi connectivity index (χ4n) is 4.04. The van der Waals surface area contributed by atoms with E-state index in [0.717, 1.165) is 59.7 Å². The number of nitrogens with zero attached hydrogens (tertiary/aromatic N) is 3. The van der Waals surface area contributed by atoms with Gasteiger partial charge in [0, 0.05) is 18.2 Å². The van der Waals surface area contributed by atoms with Crippen molar-refractivity contribution in [2.45, 2.75) is 46.6 Å². The van der Waals surface area contributed by atoms with Gasteiger partial charge in [-0.2, -0.15) is 5.10 Å². The van der Waals surface area contributed by atoms with Gasteiger partial charge in [-0.25, -0.2) is 9.67 Å². The van der Waals surface area contributed by atoms with E-state index < -0.39 is 0 Å². The molecular weight excluding hydrogens is 437 g/mol. The Labute approximate surface area is 195 Å². The molecule has 0 radical (unpaired) electrons. The van der Waals surface area contributed by atoms with Gasteiger partial charge in [0.2, 0.25) is 0 Å². The predicted molar refractivity (Wildman–Crippen MR) is 128 cm³/mol. The third-order valence-corrected chi connectivity index (χ3v) is 5.57. The van der Waals surface area contributed by atoms with Gasteiger partial charge in [-0.3, -0.25) is 4.79 Å². The number of furan rings is 1. The molecule has 4 rings (SSSR count). The van der Waals surface area contributed by atoms with E-state index in [2.05, 4.69) is 29.6 Å². The Bertz CT molecular complexity index is 1040. The Morgan fingerprint density at radius 3 is 2.71 bits per heavy atom. The number of nitrogens with one attached hydrogen (secondary N) is 2. The largest absolute Gasteiger partial charge is 0.466 e. The van der Waals surface area contributed by atoms with Crippen LogP contribution in [0.1, 0.15) is 54.6 Å². The van der Waals surface area contributed by atoms with E-state index >= 15 is 0 Å². The van der Waals surface area contributed by atoms with Crippen molar-refractivity contribution < 1.29 is 9.21 Å². The van der Waals surface area contributed by atoms with Gasteiger partial charge in [0.1, 0.15) is 11.5 Å². The molecule has 0 spiro atoms. The lowest BCUT2D eigenvalue weighted by molar-refractivity contribution is 0.0946. The van der Waals surface area contributed by atoms with Gasteiger partial charge in [0.05, 0.1) is 22.8 Å². The van der Waals surface area contributed by atoms with Crippen molar-refractivity contribution in [1.82, 2.24) is 25.4 Å². The molecule has 1 aliphatic heterocycles. The molecule has 9 heteroatoms. The molecule has 0 saturated carbocycles. The highest BCUT2D eigenvalue weighted by Gasteiger charge is 2.21. The van der Waals surface area contributed by atoms with Crippen molar-refractivity contribution >= 4 is 41.8 Å². The normalized spacial score (nSPS) is 16.1. The molecule has 3 aromatic rings. The Morgan fingerprint density at radius 1 is 1.32 bits per heavy atom. The topological polar surface area (TPSA) is 85.0 Å². The number of amides is 1. The SMILES string of the molecule is Cc1cc(-c2cc(C(=O)NCC3CCCNC3)c3cnn(C(C)C)c3n2)c(C)o1.Cl.Cl. The van der Waals surface area contributed by atoms with E-state index in [-0.39, 0.29) is 36.8 Å². The number of aryl methyl sites for hydroxylation is 2. The molecule has 1 saturated heterocycles. The second-order valence-corrected chi connectivity index (χ2v) is 8.22. The summed E-state index contributed by atoms with van der Waals surface area (Å²) in [5.74, 6) is 2.02. The number of pyridine rings is 1. The summed E-state index contributed by atoms with van der Waals surface area (Å²) in [6.07, 6.45) is 4.05. The summed E-state index contributed by atoms with van der Waals surface area (Å²) in [4.78, 5) is 18.0. The second kappa shape index (κ2) is 10.5. The molecule has 4 heterocycles. The molecule has 170 valence electrons. The van der Waals surface area contributed by atoms with E-state index in [1.807, 2.05) is 30.7 Å². The van der Waals surface area contributed by atoms with Crippen LogP contribution in [0.15, 0.2) is 22.7 Å². The fraction of sp³-hybridized carbons (Fsp3) is 0.500. The molecule has 0 bridgehead atoms. The van der Waals surface area contributed by atoms with Gasteiger partial charge in [-0.15, -0.1) is 24.8 Å². The Balaban J connectivity index is 0.00000171. The van der Waals surface area contributed by atoms with Gasteiger partial charge in [0.25, 0.3) is 5.91 Å². The van der Waals surface area contributed by atoms with Crippen LogP contribution in [0, 0.1) is 19.8 Å². The number of halogens is 2. The van der Waals surface area contributed by atoms with Gasteiger partial charge >= 0.3 is 0 Å². The Hall–Kier alpha value is -2.09. The lowest BCUT2D eigenvalue weighted by atomic mass is 9.99. The molecule has 3 aromatic heterocycles. The summed E-state index contributed by atoms with van der Waals surface area (Å²) in [6, 6.07) is 3.97. The zero-order chi connectivity index (χ0) is 20.5. The van der Waals surface area contributed by atoms with Crippen LogP contribution in [0.3, 0.4) is 0 Å². The first-order valence-electron chi connectivity index (χ1n) is 10.4. The number of hydrogen-bond acceptors (Lipinski definition) is 5. The lowest BCUT2D eigenvalue weighted by Crippen LogP contribution is -2.38. The van der Waals surface area contributed by atoms with Crippen molar-refractivity contribution in [2.24, 2.45) is 5.92 Å². The highest BCUT2D eigenvalue weighted by atomic mass is 35.5. The van der Waals surface area contributed by atoms with Crippen molar-refractivity contribution in [2.75, 3.05) is 19.6 Å². The van der Waals surface area contributed by atoms with Crippen molar-refractivity contribution in [1.29, 1.82) is 0 Å². The third kappa shape index (κ3) is 5.22. The highest BCUT2D eigenvalue weighted by molar-refractivity contribution is 6.06. The number of carbonyl (C=O) groups is 1. The highest BCUT2D eigenvalue weighted by Crippen LogP contribution is 2.30. The lowest BCUT2D eigenvalue weighted by Gasteiger charge is -2.23. The molecular formula is C22H31Cl2N5O2. The van der Waals surface area contributed by atoms with Gasteiger partial charge in [0.15, 0.2) is 5.65 Å². The monoisotopic (exact) mass is 467 g/mol. The number of aromatic nitrogens is 3. The zero-order valence-electron chi connectivity index (χ0n) is 18.4. The zero-order valence-corrected chi connectivity index (χ0v) is 20.0. The first-order chi connectivity index (χ1) is 13.9. The number of hydrogen-bond donors (Lipinski definition) is 2. The van der Waals surface area contributed by atoms with Crippen LogP contribution in [0.25, 0.3) is 22.3 Å². The summed E-state index contributed by atoms with van der Waals surface area (Å²) in [6.45, 7) is 10.6. The molecule has 1 atom stereocenters. The predicted octanol–water partition coefficient (Wildman–Crippen LogP) is 4.46. The van der Waals surface area contributed by atoms with E-state index in [9.17, 15) is 4.79 Å². The van der Waals surface area contributed by atoms with Crippen LogP contribution in [0.5, 0.6) is 0 Å². The van der Waals surface area contributed by atoms with Crippen molar-refractivity contribution in [3.8, 4) is 11.3 Å². The van der Waals surface area contributed by atoms with Crippen molar-refractivity contribution in [3.05, 3.63) is 35.4 Å². The van der Waals surface area contributed by atoms with E-state index in [1.165, 1.54) is 0 Å². The average molecular weight is 468 g/mol. The summed E-state index contributed by atoms with van der Waals surface area (Å²) in [7, 11) is 0. The summed E-state index contributed by atoms with van der Waals surface area (Å²) in [5, 5.41) is 11.8. The number of rotatable bonds is 5. The Morgan fingerprint density at radius 2 is 2.10 bits per heavy atom. The Kier molecular flexibility index (Phi) is 8.51. The molecule has 1 aliphatic rings. The van der Waals surface area contributed by atoms with Gasteiger partial charge in [-0.1, -0.05) is 0 Å². The number of fused-ring (bicyclic) bond motifs is 1. The van der Waals surface area contributed by atoms with Gasteiger partial charge < -0.3 is 15.1 Å². The van der Waals surface area contributed by atoms with Crippen LogP contribution >= 0.6 is 24.8 Å². The third-order valence-electron chi connectivity index (χ3n) is 5.57. The summed E-state index contributed by atoms with van der Waals surface area (Å²) >= 11 is 0. The molecule has 31 heavy (non-hydrogen) atoms. The van der Waals surface area contributed by atoms with E-state index in [1.54, 1.807) is 6.20 Å². The maximum atomic E-state index is 13.1. The summed E-state index contributed by atoms with van der Waals surface area (Å²) in [5.41, 5.74) is 2.98. The molecule has 1 unspecified atom stereocenters.